The molecule has 0 aliphatic heterocycles. The summed E-state index contributed by atoms with van der Waals surface area (Å²) in [7, 11) is 4.17. The van der Waals surface area contributed by atoms with E-state index in [0.717, 1.165) is 21.1 Å². The maximum absolute atomic E-state index is 4.17. The molecule has 0 aliphatic carbocycles. The third-order valence-corrected chi connectivity index (χ3v) is 0. The normalized spacial score (nSPS) is 1.00. The third-order valence-electron chi connectivity index (χ3n) is 0. The van der Waals surface area contributed by atoms with E-state index < -0.39 is 0 Å². The van der Waals surface area contributed by atoms with Crippen LogP contribution in [0.15, 0.2) is 0 Å². The minimum Gasteiger partial charge on any atom is 0 e. The van der Waals surface area contributed by atoms with E-state index in [4.69, 9.17) is 0 Å². The molecular weight excluding hydrogens is 283 g/mol. The number of hydrogen-bond acceptors (Lipinski definition) is 1. The molecular formula is HCuSSbZn. The largest absolute Gasteiger partial charge is 0 e. The van der Waals surface area contributed by atoms with E-state index in [9.17, 15) is 0 Å². The predicted octanol–water partition coefficient (Wildman–Crippen LogP) is -0.00530. The van der Waals surface area contributed by atoms with Crippen molar-refractivity contribution in [3.63, 3.8) is 0 Å². The van der Waals surface area contributed by atoms with Gasteiger partial charge in [-0.3, -0.25) is 0 Å². The first-order valence-electron chi connectivity index (χ1n) is 0.204. The fraction of sp³-hybridized carbons (Fsp3) is 0. The van der Waals surface area contributed by atoms with Crippen LogP contribution < -0.4 is 0 Å². The summed E-state index contributed by atoms with van der Waals surface area (Å²) < 4.78 is 0. The summed E-state index contributed by atoms with van der Waals surface area (Å²) in [4.78, 5) is 0. The maximum atomic E-state index is 4.17. The average Bonchev–Trinajstić information content (AvgIpc) is 1.00. The second kappa shape index (κ2) is 19.0. The van der Waals surface area contributed by atoms with Gasteiger partial charge in [-0.25, -0.2) is 0 Å². The molecule has 0 bridgehead atoms. The first kappa shape index (κ1) is 16.4. The molecule has 0 saturated heterocycles. The van der Waals surface area contributed by atoms with Crippen molar-refractivity contribution < 1.29 is 36.5 Å². The Labute approximate surface area is 65.9 Å². The molecule has 0 fully saturated rings. The average molecular weight is 284 g/mol. The zero-order chi connectivity index (χ0) is 2.00. The van der Waals surface area contributed by atoms with Gasteiger partial charge in [-0.05, 0) is 0 Å². The molecule has 0 heterocycles. The summed E-state index contributed by atoms with van der Waals surface area (Å²) in [5, 5.41) is 0. The van der Waals surface area contributed by atoms with Crippen molar-refractivity contribution in [1.82, 2.24) is 0 Å². The van der Waals surface area contributed by atoms with Gasteiger partial charge in [0, 0.05) is 36.5 Å². The van der Waals surface area contributed by atoms with Crippen LogP contribution in [0.3, 0.4) is 0 Å². The van der Waals surface area contributed by atoms with Crippen LogP contribution in [-0.4, -0.2) is 21.1 Å². The van der Waals surface area contributed by atoms with Crippen molar-refractivity contribution >= 4 is 30.2 Å². The molecule has 0 rings (SSSR count). The SMILES string of the molecule is [Cu].[S]=[SbH].[Zn]. The molecule has 0 saturated carbocycles. The third kappa shape index (κ3) is 8.89. The molecule has 4 heavy (non-hydrogen) atoms. The van der Waals surface area contributed by atoms with Crippen molar-refractivity contribution in [2.24, 2.45) is 0 Å². The second-order valence-electron chi connectivity index (χ2n) is 0. The molecule has 0 unspecified atom stereocenters. The van der Waals surface area contributed by atoms with Gasteiger partial charge in [-0.15, -0.1) is 0 Å². The Morgan fingerprint density at radius 2 is 1.25 bits per heavy atom. The fourth-order valence-electron chi connectivity index (χ4n) is 0. The summed E-state index contributed by atoms with van der Waals surface area (Å²) in [6.45, 7) is 0. The van der Waals surface area contributed by atoms with Crippen LogP contribution in [-0.2, 0) is 36.5 Å². The van der Waals surface area contributed by atoms with E-state index in [2.05, 4.69) is 9.19 Å². The number of hydrogen-bond donors (Lipinski definition) is 0. The molecule has 0 atom stereocenters. The van der Waals surface area contributed by atoms with Crippen molar-refractivity contribution in [1.29, 1.82) is 0 Å². The van der Waals surface area contributed by atoms with Crippen LogP contribution in [0.5, 0.6) is 0 Å². The van der Waals surface area contributed by atoms with Crippen molar-refractivity contribution in [3.05, 3.63) is 0 Å². The Hall–Kier alpha value is 2.18. The monoisotopic (exact) mass is 281 g/mol. The molecule has 0 aliphatic rings. The molecule has 1 radical (unpaired) electrons. The van der Waals surface area contributed by atoms with E-state index in [1.807, 2.05) is 0 Å². The van der Waals surface area contributed by atoms with Gasteiger partial charge in [-0.2, -0.15) is 0 Å². The summed E-state index contributed by atoms with van der Waals surface area (Å²) in [6, 6.07) is 0. The summed E-state index contributed by atoms with van der Waals surface area (Å²) >= 11 is 1.13. The Morgan fingerprint density at radius 3 is 1.25 bits per heavy atom. The van der Waals surface area contributed by atoms with Gasteiger partial charge in [0.05, 0.1) is 0 Å². The summed E-state index contributed by atoms with van der Waals surface area (Å²) in [6.07, 6.45) is 0. The van der Waals surface area contributed by atoms with Crippen LogP contribution in [0, 0.1) is 0 Å². The van der Waals surface area contributed by atoms with Crippen LogP contribution in [0.1, 0.15) is 0 Å². The topological polar surface area (TPSA) is 0 Å². The molecule has 0 N–H and O–H groups in total. The van der Waals surface area contributed by atoms with Gasteiger partial charge in [0.15, 0.2) is 0 Å². The maximum Gasteiger partial charge on any atom is 0 e. The molecule has 25 valence electrons. The van der Waals surface area contributed by atoms with Gasteiger partial charge < -0.3 is 0 Å². The van der Waals surface area contributed by atoms with Crippen molar-refractivity contribution in [2.45, 2.75) is 0 Å². The van der Waals surface area contributed by atoms with Crippen LogP contribution >= 0.6 is 9.19 Å². The quantitative estimate of drug-likeness (QED) is 0.564. The Bertz CT molecular complexity index is 8.00. The first-order valence-corrected chi connectivity index (χ1v) is 4.11. The van der Waals surface area contributed by atoms with Crippen LogP contribution in [0.4, 0.5) is 0 Å². The Morgan fingerprint density at radius 1 is 1.25 bits per heavy atom. The standard InChI is InChI=1S/Cu.S.Sb.Zn.H. The molecule has 4 heteroatoms. The van der Waals surface area contributed by atoms with Gasteiger partial charge in [-0.1, -0.05) is 0 Å². The minimum atomic E-state index is 0. The van der Waals surface area contributed by atoms with E-state index >= 15 is 0 Å². The smallest absolute Gasteiger partial charge is 0 e. The molecule has 0 nitrogen and oxygen atoms in total. The molecule has 0 aromatic heterocycles. The first-order chi connectivity index (χ1) is 1.00. The zero-order valence-electron chi connectivity index (χ0n) is 1.92. The molecule has 0 amide bonds. The second-order valence-corrected chi connectivity index (χ2v) is 0. The van der Waals surface area contributed by atoms with Gasteiger partial charge in [0.2, 0.25) is 0 Å². The van der Waals surface area contributed by atoms with E-state index in [1.165, 1.54) is 0 Å². The van der Waals surface area contributed by atoms with Crippen LogP contribution in [0.2, 0.25) is 0 Å². The fourth-order valence-corrected chi connectivity index (χ4v) is 0. The summed E-state index contributed by atoms with van der Waals surface area (Å²) in [5.74, 6) is 0. The zero-order valence-corrected chi connectivity index (χ0v) is 9.50. The summed E-state index contributed by atoms with van der Waals surface area (Å²) in [5.41, 5.74) is 0. The van der Waals surface area contributed by atoms with E-state index in [-0.39, 0.29) is 36.5 Å². The Kier molecular flexibility index (Phi) is 78.0. The van der Waals surface area contributed by atoms with Crippen molar-refractivity contribution in [2.75, 3.05) is 0 Å². The van der Waals surface area contributed by atoms with Gasteiger partial charge >= 0.3 is 30.2 Å². The Balaban J connectivity index is -0.00000000500. The molecule has 0 aromatic carbocycles. The minimum absolute atomic E-state index is 0. The van der Waals surface area contributed by atoms with E-state index in [0.29, 0.717) is 0 Å². The van der Waals surface area contributed by atoms with Gasteiger partial charge in [0.25, 0.3) is 0 Å². The van der Waals surface area contributed by atoms with Crippen molar-refractivity contribution in [3.8, 4) is 0 Å². The molecule has 0 spiro atoms. The number of rotatable bonds is 0. The van der Waals surface area contributed by atoms with E-state index in [1.54, 1.807) is 0 Å². The molecule has 0 aromatic rings. The predicted molar refractivity (Wildman–Crippen MR) is 14.7 cm³/mol. The van der Waals surface area contributed by atoms with Gasteiger partial charge in [0.1, 0.15) is 0 Å². The van der Waals surface area contributed by atoms with Crippen LogP contribution in [0.25, 0.3) is 0 Å².